The van der Waals surface area contributed by atoms with Gasteiger partial charge in [-0.1, -0.05) is 43.8 Å². The highest BCUT2D eigenvalue weighted by Crippen LogP contribution is 2.32. The van der Waals surface area contributed by atoms with Gasteiger partial charge >= 0.3 is 0 Å². The first-order valence-electron chi connectivity index (χ1n) is 6.75. The summed E-state index contributed by atoms with van der Waals surface area (Å²) in [5.74, 6) is 0.292. The smallest absolute Gasteiger partial charge is 0.268 e. The van der Waals surface area contributed by atoms with E-state index in [-0.39, 0.29) is 11.3 Å². The Balaban J connectivity index is 2.12. The molecule has 1 aliphatic heterocycles. The number of carbonyl (C=O) groups excluding carboxylic acids is 1. The summed E-state index contributed by atoms with van der Waals surface area (Å²) in [6.07, 6.45) is 3.09. The Hall–Kier alpha value is -1.56. The molecule has 1 aromatic heterocycles. The number of nitrogens with two attached hydrogens (primary N) is 1. The lowest BCUT2D eigenvalue weighted by Crippen LogP contribution is -2.36. The number of anilines is 2. The number of nitrogens with one attached hydrogen (secondary N) is 1. The number of nitrogen functional groups attached to an aromatic ring is 1. The second-order valence-electron chi connectivity index (χ2n) is 5.96. The first-order valence-corrected chi connectivity index (χ1v) is 7.57. The third-order valence-corrected chi connectivity index (χ3v) is 4.60. The van der Waals surface area contributed by atoms with E-state index in [4.69, 9.17) is 5.73 Å². The van der Waals surface area contributed by atoms with Gasteiger partial charge in [0.1, 0.15) is 10.7 Å². The van der Waals surface area contributed by atoms with Crippen LogP contribution in [0.1, 0.15) is 36.9 Å². The van der Waals surface area contributed by atoms with Crippen molar-refractivity contribution in [1.29, 1.82) is 0 Å². The summed E-state index contributed by atoms with van der Waals surface area (Å²) in [7, 11) is 1.77. The number of thiazole rings is 1. The van der Waals surface area contributed by atoms with E-state index in [1.165, 1.54) is 16.9 Å². The molecule has 110 valence electrons. The largest absolute Gasteiger partial charge is 0.382 e. The van der Waals surface area contributed by atoms with Crippen LogP contribution < -0.4 is 11.1 Å². The fourth-order valence-corrected chi connectivity index (χ4v) is 3.08. The van der Waals surface area contributed by atoms with Gasteiger partial charge in [0.2, 0.25) is 0 Å². The van der Waals surface area contributed by atoms with Crippen molar-refractivity contribution in [3.63, 3.8) is 0 Å². The zero-order valence-electron chi connectivity index (χ0n) is 12.5. The molecule has 0 radical (unpaired) electrons. The number of rotatable bonds is 2. The average molecular weight is 294 g/mol. The predicted molar refractivity (Wildman–Crippen MR) is 84.1 cm³/mol. The summed E-state index contributed by atoms with van der Waals surface area (Å²) in [4.78, 5) is 18.9. The molecule has 0 fully saturated rings. The SMILES string of the molecule is CNc1nc(N)c(C(=O)N2CC=C(C(C)(C)C)CC2)s1. The molecule has 2 rings (SSSR count). The summed E-state index contributed by atoms with van der Waals surface area (Å²) in [5, 5.41) is 3.59. The molecule has 6 heteroatoms. The van der Waals surface area contributed by atoms with Gasteiger partial charge in [-0.15, -0.1) is 0 Å². The van der Waals surface area contributed by atoms with Crippen molar-refractivity contribution in [3.05, 3.63) is 16.5 Å². The van der Waals surface area contributed by atoms with Crippen LogP contribution in [0.2, 0.25) is 0 Å². The van der Waals surface area contributed by atoms with E-state index in [1.54, 1.807) is 7.05 Å². The van der Waals surface area contributed by atoms with Gasteiger partial charge in [-0.05, 0) is 11.8 Å². The zero-order chi connectivity index (χ0) is 14.9. The number of nitrogens with zero attached hydrogens (tertiary/aromatic N) is 2. The molecule has 1 aliphatic rings. The molecule has 3 N–H and O–H groups in total. The zero-order valence-corrected chi connectivity index (χ0v) is 13.3. The summed E-state index contributed by atoms with van der Waals surface area (Å²) >= 11 is 1.31. The van der Waals surface area contributed by atoms with Crippen molar-refractivity contribution in [1.82, 2.24) is 9.88 Å². The molecule has 5 nitrogen and oxygen atoms in total. The predicted octanol–water partition coefficient (Wildman–Crippen LogP) is 2.59. The molecule has 0 aromatic carbocycles. The maximum absolute atomic E-state index is 12.5. The molecule has 0 bridgehead atoms. The lowest BCUT2D eigenvalue weighted by Gasteiger charge is -2.32. The van der Waals surface area contributed by atoms with Crippen molar-refractivity contribution in [2.75, 3.05) is 31.2 Å². The van der Waals surface area contributed by atoms with Crippen molar-refractivity contribution < 1.29 is 4.79 Å². The van der Waals surface area contributed by atoms with E-state index in [0.29, 0.717) is 22.4 Å². The second kappa shape index (κ2) is 5.44. The fraction of sp³-hybridized carbons (Fsp3) is 0.571. The molecule has 20 heavy (non-hydrogen) atoms. The molecule has 0 atom stereocenters. The van der Waals surface area contributed by atoms with E-state index in [1.807, 2.05) is 4.90 Å². The van der Waals surface area contributed by atoms with Gasteiger partial charge in [-0.3, -0.25) is 4.79 Å². The van der Waals surface area contributed by atoms with Gasteiger partial charge in [0.05, 0.1) is 0 Å². The van der Waals surface area contributed by atoms with Crippen LogP contribution in [0, 0.1) is 5.41 Å². The van der Waals surface area contributed by atoms with Crippen LogP contribution in [0.3, 0.4) is 0 Å². The first-order chi connectivity index (χ1) is 9.32. The van der Waals surface area contributed by atoms with Crippen LogP contribution in [-0.4, -0.2) is 35.9 Å². The van der Waals surface area contributed by atoms with Crippen LogP contribution in [0.15, 0.2) is 11.6 Å². The minimum atomic E-state index is -0.0225. The van der Waals surface area contributed by atoms with E-state index in [2.05, 4.69) is 37.1 Å². The molecule has 1 amide bonds. The number of aromatic nitrogens is 1. The van der Waals surface area contributed by atoms with Crippen LogP contribution in [-0.2, 0) is 0 Å². The number of carbonyl (C=O) groups is 1. The highest BCUT2D eigenvalue weighted by molar-refractivity contribution is 7.18. The van der Waals surface area contributed by atoms with Crippen molar-refractivity contribution in [2.24, 2.45) is 5.41 Å². The monoisotopic (exact) mass is 294 g/mol. The number of amides is 1. The van der Waals surface area contributed by atoms with E-state index < -0.39 is 0 Å². The van der Waals surface area contributed by atoms with Crippen LogP contribution in [0.5, 0.6) is 0 Å². The van der Waals surface area contributed by atoms with Crippen molar-refractivity contribution >= 4 is 28.2 Å². The van der Waals surface area contributed by atoms with Crippen molar-refractivity contribution in [2.45, 2.75) is 27.2 Å². The molecular weight excluding hydrogens is 272 g/mol. The Morgan fingerprint density at radius 2 is 2.20 bits per heavy atom. The van der Waals surface area contributed by atoms with E-state index in [9.17, 15) is 4.79 Å². The highest BCUT2D eigenvalue weighted by Gasteiger charge is 2.26. The summed E-state index contributed by atoms with van der Waals surface area (Å²) < 4.78 is 0. The van der Waals surface area contributed by atoms with Crippen LogP contribution in [0.25, 0.3) is 0 Å². The molecule has 1 aromatic rings. The minimum Gasteiger partial charge on any atom is -0.382 e. The summed E-state index contributed by atoms with van der Waals surface area (Å²) in [6.45, 7) is 8.01. The first kappa shape index (κ1) is 14.8. The maximum atomic E-state index is 12.5. The Bertz CT molecular complexity index is 542. The van der Waals surface area contributed by atoms with Gasteiger partial charge in [0.25, 0.3) is 5.91 Å². The Morgan fingerprint density at radius 3 is 2.65 bits per heavy atom. The van der Waals surface area contributed by atoms with Gasteiger partial charge < -0.3 is 16.0 Å². The van der Waals surface area contributed by atoms with E-state index in [0.717, 1.165) is 13.0 Å². The average Bonchev–Trinajstić information content (AvgIpc) is 2.78. The summed E-state index contributed by atoms with van der Waals surface area (Å²) in [6, 6.07) is 0. The second-order valence-corrected chi connectivity index (χ2v) is 6.96. The Morgan fingerprint density at radius 1 is 1.50 bits per heavy atom. The molecule has 0 saturated heterocycles. The van der Waals surface area contributed by atoms with Crippen LogP contribution >= 0.6 is 11.3 Å². The minimum absolute atomic E-state index is 0.0225. The molecule has 0 saturated carbocycles. The van der Waals surface area contributed by atoms with Gasteiger partial charge in [0.15, 0.2) is 5.13 Å². The Labute approximate surface area is 123 Å². The molecule has 0 unspecified atom stereocenters. The van der Waals surface area contributed by atoms with Gasteiger partial charge in [-0.2, -0.15) is 0 Å². The molecule has 0 spiro atoms. The Kier molecular flexibility index (Phi) is 4.04. The quantitative estimate of drug-likeness (QED) is 0.822. The summed E-state index contributed by atoms with van der Waals surface area (Å²) in [5.41, 5.74) is 7.41. The van der Waals surface area contributed by atoms with Gasteiger partial charge in [0, 0.05) is 20.1 Å². The lowest BCUT2D eigenvalue weighted by atomic mass is 9.83. The van der Waals surface area contributed by atoms with E-state index >= 15 is 0 Å². The molecule has 0 aliphatic carbocycles. The standard InChI is InChI=1S/C14H22N4OS/c1-14(2,3)9-5-7-18(8-6-9)12(19)10-11(15)17-13(16-4)20-10/h5H,6-8,15H2,1-4H3,(H,16,17). The normalized spacial score (nSPS) is 16.0. The number of hydrogen-bond donors (Lipinski definition) is 2. The maximum Gasteiger partial charge on any atom is 0.268 e. The fourth-order valence-electron chi connectivity index (χ4n) is 2.27. The van der Waals surface area contributed by atoms with Crippen molar-refractivity contribution in [3.8, 4) is 0 Å². The number of hydrogen-bond acceptors (Lipinski definition) is 5. The van der Waals surface area contributed by atoms with Crippen LogP contribution in [0.4, 0.5) is 10.9 Å². The third-order valence-electron chi connectivity index (χ3n) is 3.52. The highest BCUT2D eigenvalue weighted by atomic mass is 32.1. The lowest BCUT2D eigenvalue weighted by molar-refractivity contribution is 0.0770. The van der Waals surface area contributed by atoms with Gasteiger partial charge in [-0.25, -0.2) is 4.98 Å². The molecule has 2 heterocycles. The third kappa shape index (κ3) is 2.95. The molecular formula is C14H22N4OS. The topological polar surface area (TPSA) is 71.2 Å².